The molecule has 0 aromatic heterocycles. The van der Waals surface area contributed by atoms with Crippen LogP contribution in [0.2, 0.25) is 0 Å². The molecular formula is C56H66O6. The number of hydrogen-bond acceptors (Lipinski definition) is 6. The zero-order valence-corrected chi connectivity index (χ0v) is 36.5. The van der Waals surface area contributed by atoms with Crippen LogP contribution in [0.5, 0.6) is 0 Å². The van der Waals surface area contributed by atoms with E-state index in [1.54, 1.807) is 0 Å². The lowest BCUT2D eigenvalue weighted by Crippen LogP contribution is -2.35. The first kappa shape index (κ1) is 46.6. The van der Waals surface area contributed by atoms with Crippen molar-refractivity contribution in [1.82, 2.24) is 0 Å². The molecule has 6 aromatic rings. The topological polar surface area (TPSA) is 84.0 Å². The molecule has 0 spiro atoms. The number of rotatable bonds is 22. The molecule has 0 radical (unpaired) electrons. The minimum absolute atomic E-state index is 0.190. The number of ether oxygens (including phenoxy) is 4. The van der Waals surface area contributed by atoms with Crippen molar-refractivity contribution >= 4 is 0 Å². The van der Waals surface area contributed by atoms with E-state index in [0.717, 1.165) is 59.4 Å². The van der Waals surface area contributed by atoms with Gasteiger partial charge in [0.05, 0.1) is 39.1 Å². The van der Waals surface area contributed by atoms with Crippen molar-refractivity contribution in [3.63, 3.8) is 0 Å². The minimum atomic E-state index is -0.760. The van der Waals surface area contributed by atoms with Crippen molar-refractivity contribution in [2.75, 3.05) is 33.0 Å². The van der Waals surface area contributed by atoms with Gasteiger partial charge in [0.1, 0.15) is 23.4 Å². The maximum atomic E-state index is 10.8. The average Bonchev–Trinajstić information content (AvgIpc) is 4.30. The predicted octanol–water partition coefficient (Wildman–Crippen LogP) is 11.7. The first-order valence-electron chi connectivity index (χ1n) is 22.7. The Kier molecular flexibility index (Phi) is 19.0. The van der Waals surface area contributed by atoms with Crippen LogP contribution in [-0.2, 0) is 30.1 Å². The van der Waals surface area contributed by atoms with Gasteiger partial charge in [0.15, 0.2) is 0 Å². The lowest BCUT2D eigenvalue weighted by molar-refractivity contribution is -0.0405. The van der Waals surface area contributed by atoms with Gasteiger partial charge in [-0.2, -0.15) is 0 Å². The molecule has 3 atom stereocenters. The first-order chi connectivity index (χ1) is 30.6. The smallest absolute Gasteiger partial charge is 0.143 e. The molecule has 0 unspecified atom stereocenters. The molecule has 2 aliphatic heterocycles. The Morgan fingerprint density at radius 2 is 0.774 bits per heavy atom. The van der Waals surface area contributed by atoms with Crippen molar-refractivity contribution in [3.8, 4) is 0 Å². The van der Waals surface area contributed by atoms with Crippen molar-refractivity contribution < 1.29 is 29.2 Å². The lowest BCUT2D eigenvalue weighted by atomic mass is 9.80. The van der Waals surface area contributed by atoms with E-state index in [1.165, 1.54) is 44.9 Å². The van der Waals surface area contributed by atoms with Crippen LogP contribution in [0.25, 0.3) is 0 Å². The zero-order valence-electron chi connectivity index (χ0n) is 36.5. The van der Waals surface area contributed by atoms with Gasteiger partial charge in [0.2, 0.25) is 0 Å². The van der Waals surface area contributed by atoms with Crippen molar-refractivity contribution in [2.45, 2.75) is 94.2 Å². The van der Waals surface area contributed by atoms with Crippen LogP contribution in [0.1, 0.15) is 98.1 Å². The number of aliphatic hydroxyl groups is 2. The molecule has 0 bridgehead atoms. The van der Waals surface area contributed by atoms with Gasteiger partial charge >= 0.3 is 0 Å². The van der Waals surface area contributed by atoms with Gasteiger partial charge in [-0.05, 0) is 39.8 Å². The Balaban J connectivity index is 0.000000192. The molecule has 0 amide bonds. The summed E-state index contributed by atoms with van der Waals surface area (Å²) in [5, 5.41) is 18.9. The van der Waals surface area contributed by atoms with Gasteiger partial charge in [-0.3, -0.25) is 0 Å². The highest BCUT2D eigenvalue weighted by Gasteiger charge is 2.40. The van der Waals surface area contributed by atoms with Crippen LogP contribution in [0.3, 0.4) is 0 Å². The van der Waals surface area contributed by atoms with Crippen LogP contribution >= 0.6 is 0 Å². The fourth-order valence-corrected chi connectivity index (χ4v) is 7.91. The minimum Gasteiger partial charge on any atom is -0.394 e. The van der Waals surface area contributed by atoms with E-state index in [0.29, 0.717) is 13.2 Å². The number of aliphatic hydroxyl groups excluding tert-OH is 2. The molecule has 0 aliphatic carbocycles. The Morgan fingerprint density at radius 3 is 1.06 bits per heavy atom. The highest BCUT2D eigenvalue weighted by molar-refractivity contribution is 5.49. The molecule has 2 heterocycles. The number of hydrogen-bond donors (Lipinski definition) is 2. The second-order valence-corrected chi connectivity index (χ2v) is 16.2. The third kappa shape index (κ3) is 13.5. The maximum absolute atomic E-state index is 10.8. The Hall–Kier alpha value is -4.92. The molecule has 6 heteroatoms. The maximum Gasteiger partial charge on any atom is 0.143 e. The van der Waals surface area contributed by atoms with Crippen molar-refractivity contribution in [1.29, 1.82) is 0 Å². The molecule has 2 saturated heterocycles. The van der Waals surface area contributed by atoms with E-state index in [4.69, 9.17) is 19.3 Å². The van der Waals surface area contributed by atoms with E-state index in [-0.39, 0.29) is 18.8 Å². The third-order valence-corrected chi connectivity index (χ3v) is 11.5. The van der Waals surface area contributed by atoms with E-state index >= 15 is 0 Å². The fraction of sp³-hybridized carbons (Fsp3) is 0.357. The quantitative estimate of drug-likeness (QED) is 0.0403. The largest absolute Gasteiger partial charge is 0.394 e. The highest BCUT2D eigenvalue weighted by atomic mass is 16.6. The molecule has 6 nitrogen and oxygen atoms in total. The van der Waals surface area contributed by atoms with Crippen molar-refractivity contribution in [3.05, 3.63) is 215 Å². The average molecular weight is 835 g/mol. The lowest BCUT2D eigenvalue weighted by Gasteiger charge is -2.36. The molecule has 2 aliphatic rings. The van der Waals surface area contributed by atoms with Gasteiger partial charge in [-0.1, -0.05) is 240 Å². The van der Waals surface area contributed by atoms with E-state index in [2.05, 4.69) is 157 Å². The Morgan fingerprint density at radius 1 is 0.468 bits per heavy atom. The molecule has 2 N–H and O–H groups in total. The van der Waals surface area contributed by atoms with Gasteiger partial charge in [-0.15, -0.1) is 0 Å². The monoisotopic (exact) mass is 834 g/mol. The second-order valence-electron chi connectivity index (χ2n) is 16.2. The van der Waals surface area contributed by atoms with E-state index in [9.17, 15) is 5.11 Å². The number of epoxide rings is 2. The van der Waals surface area contributed by atoms with Crippen LogP contribution in [0.15, 0.2) is 182 Å². The van der Waals surface area contributed by atoms with Crippen LogP contribution in [0, 0.1) is 0 Å². The summed E-state index contributed by atoms with van der Waals surface area (Å²) < 4.78 is 23.3. The molecular weight excluding hydrogens is 769 g/mol. The zero-order chi connectivity index (χ0) is 43.1. The standard InChI is InChI=1S/C31H40O2.C22H20O2.C3H6O2/c1-2-3-4-5-6-7-8-18-25-30(32)26-33-31(27-19-12-9-13-20-27,28-21-14-10-15-22-28)29-23-16-11-17-24-29;1-4-10-18(11-5-1)22(24-17-21-16-23-21,19-12-6-2-7-13-19)20-14-8-3-9-15-20;4-1-3-2-5-3/h9-17,19-24,30,32H,2-8,18,25-26H2,1H3;1-15,21H,16-17H2;3-4H,1-2H2/t30-;21-;3-/m001/s1. The van der Waals surface area contributed by atoms with Crippen LogP contribution < -0.4 is 0 Å². The predicted molar refractivity (Wildman–Crippen MR) is 250 cm³/mol. The van der Waals surface area contributed by atoms with Gasteiger partial charge < -0.3 is 29.2 Å². The summed E-state index contributed by atoms with van der Waals surface area (Å²) in [6.45, 7) is 4.88. The van der Waals surface area contributed by atoms with Gasteiger partial charge in [0.25, 0.3) is 0 Å². The van der Waals surface area contributed by atoms with Gasteiger partial charge in [0, 0.05) is 0 Å². The summed E-state index contributed by atoms with van der Waals surface area (Å²) in [6, 6.07) is 62.4. The van der Waals surface area contributed by atoms with E-state index < -0.39 is 17.3 Å². The van der Waals surface area contributed by atoms with Crippen LogP contribution in [-0.4, -0.2) is 61.6 Å². The first-order valence-corrected chi connectivity index (χ1v) is 22.7. The normalized spacial score (nSPS) is 15.9. The number of unbranched alkanes of at least 4 members (excludes halogenated alkanes) is 7. The van der Waals surface area contributed by atoms with Gasteiger partial charge in [-0.25, -0.2) is 0 Å². The third-order valence-electron chi connectivity index (χ3n) is 11.5. The summed E-state index contributed by atoms with van der Waals surface area (Å²) in [5.74, 6) is 0. The second kappa shape index (κ2) is 25.3. The van der Waals surface area contributed by atoms with Crippen LogP contribution in [0.4, 0.5) is 0 Å². The molecule has 6 aromatic carbocycles. The summed E-state index contributed by atoms with van der Waals surface area (Å²) in [7, 11) is 0. The molecule has 62 heavy (non-hydrogen) atoms. The Bertz CT molecular complexity index is 1850. The molecule has 8 rings (SSSR count). The highest BCUT2D eigenvalue weighted by Crippen LogP contribution is 2.42. The molecule has 0 saturated carbocycles. The fourth-order valence-electron chi connectivity index (χ4n) is 7.91. The summed E-state index contributed by atoms with van der Waals surface area (Å²) >= 11 is 0. The Labute approximate surface area is 370 Å². The SMILES string of the molecule is CCCCCCCCCC[C@H](O)COC(c1ccccc1)(c1ccccc1)c1ccccc1.OC[C@@H]1CO1.c1ccc(C(OC[C@@H]2CO2)(c2ccccc2)c2ccccc2)cc1. The molecule has 2 fully saturated rings. The molecule has 326 valence electrons. The summed E-state index contributed by atoms with van der Waals surface area (Å²) in [4.78, 5) is 0. The summed E-state index contributed by atoms with van der Waals surface area (Å²) in [5.41, 5.74) is 5.21. The van der Waals surface area contributed by atoms with E-state index in [1.807, 2.05) is 36.4 Å². The summed E-state index contributed by atoms with van der Waals surface area (Å²) in [6.07, 6.45) is 10.9. The van der Waals surface area contributed by atoms with Crippen molar-refractivity contribution in [2.24, 2.45) is 0 Å². The number of benzene rings is 6.